The van der Waals surface area contributed by atoms with Crippen molar-refractivity contribution in [2.45, 2.75) is 44.4 Å². The zero-order chi connectivity index (χ0) is 19.2. The van der Waals surface area contributed by atoms with Crippen LogP contribution in [0.1, 0.15) is 30.4 Å². The minimum absolute atomic E-state index is 0.0223. The van der Waals surface area contributed by atoms with Gasteiger partial charge < -0.3 is 31.1 Å². The molecule has 2 aliphatic rings. The number of hydrogen-bond acceptors (Lipinski definition) is 5. The van der Waals surface area contributed by atoms with Gasteiger partial charge in [-0.05, 0) is 42.9 Å². The van der Waals surface area contributed by atoms with Crippen molar-refractivity contribution in [3.8, 4) is 0 Å². The summed E-state index contributed by atoms with van der Waals surface area (Å²) in [7, 11) is 0. The Kier molecular flexibility index (Phi) is 6.52. The molecule has 0 aliphatic carbocycles. The fourth-order valence-electron chi connectivity index (χ4n) is 3.58. The average Bonchev–Trinajstić information content (AvgIpc) is 3.24. The topological polar surface area (TPSA) is 114 Å². The maximum absolute atomic E-state index is 11.9. The number of carbonyl (C=O) groups excluding carboxylic acids is 2. The van der Waals surface area contributed by atoms with Gasteiger partial charge in [0.15, 0.2) is 0 Å². The number of nitrogens with zero attached hydrogens (tertiary/aromatic N) is 1. The molecule has 2 heterocycles. The molecule has 1 aromatic rings. The van der Waals surface area contributed by atoms with Crippen LogP contribution in [0.25, 0.3) is 0 Å². The summed E-state index contributed by atoms with van der Waals surface area (Å²) in [6.07, 6.45) is 2.83. The fourth-order valence-corrected chi connectivity index (χ4v) is 3.58. The Hall–Kier alpha value is -2.32. The summed E-state index contributed by atoms with van der Waals surface area (Å²) in [5.74, 6) is -0.0397. The minimum Gasteiger partial charge on any atom is -0.394 e. The Labute approximate surface area is 158 Å². The van der Waals surface area contributed by atoms with Gasteiger partial charge in [0.1, 0.15) is 0 Å². The van der Waals surface area contributed by atoms with E-state index in [1.165, 1.54) is 0 Å². The third-order valence-corrected chi connectivity index (χ3v) is 5.20. The predicted molar refractivity (Wildman–Crippen MR) is 101 cm³/mol. The standard InChI is InChI=1S/C19H28N4O4/c24-12-17(25)16-6-4-14-9-13(3-5-15(14)22-16)10-20-19(27)21-11-18(26)23-7-1-2-8-23/h3,5,9,16-17,22,24-25H,1-2,4,6-8,10-12H2,(H2,20,21,27)/t16-,17+/m0/s1. The third kappa shape index (κ3) is 5.11. The molecule has 0 unspecified atom stereocenters. The summed E-state index contributed by atoms with van der Waals surface area (Å²) in [5.41, 5.74) is 3.04. The highest BCUT2D eigenvalue weighted by atomic mass is 16.3. The Morgan fingerprint density at radius 1 is 1.26 bits per heavy atom. The first kappa shape index (κ1) is 19.4. The van der Waals surface area contributed by atoms with Crippen molar-refractivity contribution in [3.05, 3.63) is 29.3 Å². The normalized spacial score (nSPS) is 19.8. The zero-order valence-corrected chi connectivity index (χ0v) is 15.4. The van der Waals surface area contributed by atoms with Crippen molar-refractivity contribution in [1.29, 1.82) is 0 Å². The van der Waals surface area contributed by atoms with Crippen molar-refractivity contribution in [1.82, 2.24) is 15.5 Å². The first-order valence-electron chi connectivity index (χ1n) is 9.53. The highest BCUT2D eigenvalue weighted by Crippen LogP contribution is 2.27. The number of carbonyl (C=O) groups is 2. The largest absolute Gasteiger partial charge is 0.394 e. The number of aliphatic hydroxyl groups is 2. The van der Waals surface area contributed by atoms with E-state index in [-0.39, 0.29) is 31.1 Å². The number of nitrogens with one attached hydrogen (secondary N) is 3. The van der Waals surface area contributed by atoms with Crippen LogP contribution in [0.4, 0.5) is 10.5 Å². The molecule has 1 saturated heterocycles. The van der Waals surface area contributed by atoms with E-state index in [0.717, 1.165) is 55.6 Å². The van der Waals surface area contributed by atoms with Gasteiger partial charge >= 0.3 is 6.03 Å². The molecule has 0 bridgehead atoms. The number of amides is 3. The number of likely N-dealkylation sites (tertiary alicyclic amines) is 1. The smallest absolute Gasteiger partial charge is 0.315 e. The Bertz CT molecular complexity index is 676. The monoisotopic (exact) mass is 376 g/mol. The first-order chi connectivity index (χ1) is 13.1. The molecule has 2 aliphatic heterocycles. The molecule has 3 rings (SSSR count). The van der Waals surface area contributed by atoms with E-state index in [1.54, 1.807) is 4.90 Å². The molecular formula is C19H28N4O4. The van der Waals surface area contributed by atoms with Crippen LogP contribution in [0.3, 0.4) is 0 Å². The van der Waals surface area contributed by atoms with Crippen LogP contribution in [0.5, 0.6) is 0 Å². The Morgan fingerprint density at radius 3 is 2.78 bits per heavy atom. The highest BCUT2D eigenvalue weighted by molar-refractivity contribution is 5.84. The van der Waals surface area contributed by atoms with Gasteiger partial charge in [0.25, 0.3) is 0 Å². The molecule has 0 aromatic heterocycles. The van der Waals surface area contributed by atoms with Crippen molar-refractivity contribution in [2.24, 2.45) is 0 Å². The van der Waals surface area contributed by atoms with Gasteiger partial charge in [-0.15, -0.1) is 0 Å². The summed E-state index contributed by atoms with van der Waals surface area (Å²) < 4.78 is 0. The van der Waals surface area contributed by atoms with E-state index < -0.39 is 6.10 Å². The molecule has 5 N–H and O–H groups in total. The lowest BCUT2D eigenvalue weighted by atomic mass is 9.94. The van der Waals surface area contributed by atoms with E-state index in [1.807, 2.05) is 18.2 Å². The summed E-state index contributed by atoms with van der Waals surface area (Å²) in [4.78, 5) is 25.6. The molecule has 8 heteroatoms. The molecule has 1 aromatic carbocycles. The fraction of sp³-hybridized carbons (Fsp3) is 0.579. The van der Waals surface area contributed by atoms with Crippen LogP contribution in [0.15, 0.2) is 18.2 Å². The second-order valence-electron chi connectivity index (χ2n) is 7.16. The van der Waals surface area contributed by atoms with Crippen LogP contribution >= 0.6 is 0 Å². The van der Waals surface area contributed by atoms with E-state index in [0.29, 0.717) is 6.54 Å². The van der Waals surface area contributed by atoms with E-state index in [4.69, 9.17) is 5.11 Å². The number of urea groups is 1. The lowest BCUT2D eigenvalue weighted by Gasteiger charge is -2.30. The number of rotatable bonds is 6. The molecular weight excluding hydrogens is 348 g/mol. The second kappa shape index (κ2) is 9.05. The molecule has 148 valence electrons. The van der Waals surface area contributed by atoms with Crippen LogP contribution < -0.4 is 16.0 Å². The SMILES string of the molecule is O=C(NCC(=O)N1CCCC1)NCc1ccc2c(c1)CC[C@@H]([C@H](O)CO)N2. The maximum Gasteiger partial charge on any atom is 0.315 e. The van der Waals surface area contributed by atoms with Gasteiger partial charge in [-0.3, -0.25) is 4.79 Å². The van der Waals surface area contributed by atoms with Crippen molar-refractivity contribution in [3.63, 3.8) is 0 Å². The molecule has 0 radical (unpaired) electrons. The van der Waals surface area contributed by atoms with Gasteiger partial charge in [-0.25, -0.2) is 4.79 Å². The van der Waals surface area contributed by atoms with Gasteiger partial charge in [-0.1, -0.05) is 12.1 Å². The number of benzene rings is 1. The maximum atomic E-state index is 11.9. The summed E-state index contributed by atoms with van der Waals surface area (Å²) in [6, 6.07) is 5.36. The average molecular weight is 376 g/mol. The molecule has 1 fully saturated rings. The number of anilines is 1. The predicted octanol–water partition coefficient (Wildman–Crippen LogP) is 0.188. The first-order valence-corrected chi connectivity index (χ1v) is 9.53. The summed E-state index contributed by atoms with van der Waals surface area (Å²) in [6.45, 7) is 1.70. The lowest BCUT2D eigenvalue weighted by Crippen LogP contribution is -2.42. The van der Waals surface area contributed by atoms with Crippen LogP contribution in [0, 0.1) is 0 Å². The van der Waals surface area contributed by atoms with Gasteiger partial charge in [-0.2, -0.15) is 0 Å². The van der Waals surface area contributed by atoms with Gasteiger partial charge in [0.05, 0.1) is 25.3 Å². The van der Waals surface area contributed by atoms with E-state index >= 15 is 0 Å². The Balaban J connectivity index is 1.44. The van der Waals surface area contributed by atoms with Crippen molar-refractivity contribution in [2.75, 3.05) is 31.6 Å². The van der Waals surface area contributed by atoms with Crippen molar-refractivity contribution >= 4 is 17.6 Å². The van der Waals surface area contributed by atoms with Crippen LogP contribution in [0.2, 0.25) is 0 Å². The number of aliphatic hydroxyl groups excluding tert-OH is 2. The molecule has 0 spiro atoms. The molecule has 3 amide bonds. The number of aryl methyl sites for hydroxylation is 1. The van der Waals surface area contributed by atoms with Gasteiger partial charge in [0, 0.05) is 25.3 Å². The molecule has 27 heavy (non-hydrogen) atoms. The zero-order valence-electron chi connectivity index (χ0n) is 15.4. The Morgan fingerprint density at radius 2 is 2.04 bits per heavy atom. The summed E-state index contributed by atoms with van der Waals surface area (Å²) >= 11 is 0. The molecule has 0 saturated carbocycles. The van der Waals surface area contributed by atoms with Gasteiger partial charge in [0.2, 0.25) is 5.91 Å². The van der Waals surface area contributed by atoms with E-state index in [2.05, 4.69) is 16.0 Å². The lowest BCUT2D eigenvalue weighted by molar-refractivity contribution is -0.128. The second-order valence-corrected chi connectivity index (χ2v) is 7.16. The summed E-state index contributed by atoms with van der Waals surface area (Å²) in [5, 5.41) is 27.5. The van der Waals surface area contributed by atoms with Crippen molar-refractivity contribution < 1.29 is 19.8 Å². The third-order valence-electron chi connectivity index (χ3n) is 5.20. The van der Waals surface area contributed by atoms with Crippen LogP contribution in [-0.2, 0) is 17.8 Å². The minimum atomic E-state index is -0.772. The van der Waals surface area contributed by atoms with Crippen LogP contribution in [-0.4, -0.2) is 65.4 Å². The highest BCUT2D eigenvalue weighted by Gasteiger charge is 2.23. The van der Waals surface area contributed by atoms with E-state index in [9.17, 15) is 14.7 Å². The number of fused-ring (bicyclic) bond motifs is 1. The number of hydrogen-bond donors (Lipinski definition) is 5. The molecule has 2 atom stereocenters. The molecule has 8 nitrogen and oxygen atoms in total. The quantitative estimate of drug-likeness (QED) is 0.486.